The number of ether oxygens (including phenoxy) is 2. The van der Waals surface area contributed by atoms with Gasteiger partial charge in [-0.3, -0.25) is 62.7 Å². The molecule has 13 aromatic rings. The molecule has 15 heterocycles. The Bertz CT molecular complexity index is 6280. The van der Waals surface area contributed by atoms with Crippen molar-refractivity contribution in [1.82, 2.24) is 72.8 Å². The molecule has 2 aromatic carbocycles. The van der Waals surface area contributed by atoms with Gasteiger partial charge in [0.05, 0.1) is 117 Å². The van der Waals surface area contributed by atoms with Crippen LogP contribution >= 0.6 is 11.6 Å². The molecule has 18 rings (SSSR count). The zero-order valence-electron chi connectivity index (χ0n) is 69.7. The summed E-state index contributed by atoms with van der Waals surface area (Å²) < 4.78 is 86.6. The molecular formula is C91H95ClF3N19O10S. The summed E-state index contributed by atoms with van der Waals surface area (Å²) >= 11 is 6.38. The van der Waals surface area contributed by atoms with Crippen molar-refractivity contribution in [1.29, 1.82) is 0 Å². The highest BCUT2D eigenvalue weighted by Crippen LogP contribution is 2.37. The standard InChI is InChI=1S/C27H28N4O2.C22H24FN5O3S.C22H24FN5O3.C20H19ClFN5O2/c1-33-22-12-10-21(11-13-22)31-17-14-23-25(28-18-20-8-4-2-5-9-20)24(19-29-26(23)31)27(32)30-15-6-3-7-16-30;1-22(23)5-8-27(9-6-22)21(29)16-10-15-4-7-28(20(15)25-12-16)18-11-17(13-24-14-18)26-32(30,31)19-2-3-19;1-3-31-21(30)26-17-11-18(14-24-13-17)28-7-4-15-10-16(12-25-19(15)28)20(29)27-8-5-22(2,23)6-9-27;1-20(22)2-4-26(5-3-20)19(29)13-7-15-16(21)11-27(18(15)25-9-13)14-6-12(17(23)28)8-24-10-14/h2,4-5,8-14,17,19H,3,6-7,15-16,18H2,1H3,(H,28,29);4,7,10-14,19,26H,2-3,5-6,8-9H2,1H3;4,7,10-14H,3,5-6,8-9H2,1-2H3,(H,26,30);6-11H,2-5H2,1H3,(H2,23,28). The van der Waals surface area contributed by atoms with Gasteiger partial charge < -0.3 is 44.7 Å². The van der Waals surface area contributed by atoms with Gasteiger partial charge in [0.1, 0.15) is 45.3 Å². The number of nitrogens with zero attached hydrogens (tertiary/aromatic N) is 15. The van der Waals surface area contributed by atoms with Crippen LogP contribution in [0.2, 0.25) is 5.02 Å². The molecule has 29 nitrogen and oxygen atoms in total. The lowest BCUT2D eigenvalue weighted by atomic mass is 9.95. The quantitative estimate of drug-likeness (QED) is 0.0620. The Morgan fingerprint density at radius 2 is 0.976 bits per heavy atom. The molecular weight excluding hydrogens is 1640 g/mol. The number of anilines is 3. The summed E-state index contributed by atoms with van der Waals surface area (Å²) in [6, 6.07) is 34.1. The van der Waals surface area contributed by atoms with Crippen LogP contribution in [0.3, 0.4) is 0 Å². The molecule has 0 unspecified atom stereocenters. The monoisotopic (exact) mass is 1740 g/mol. The summed E-state index contributed by atoms with van der Waals surface area (Å²) in [5.74, 6) is -0.217. The number of alkyl halides is 3. The maximum Gasteiger partial charge on any atom is 0.411 e. The fourth-order valence-corrected chi connectivity index (χ4v) is 17.0. The average Bonchev–Trinajstić information content (AvgIpc) is 1.65. The van der Waals surface area contributed by atoms with Gasteiger partial charge in [-0.05, 0) is 183 Å². The molecule has 5 N–H and O–H groups in total. The van der Waals surface area contributed by atoms with Crippen LogP contribution in [0.25, 0.3) is 66.9 Å². The number of carbonyl (C=O) groups excluding carboxylic acids is 6. The molecule has 5 aliphatic rings. The average molecular weight is 1740 g/mol. The Morgan fingerprint density at radius 1 is 0.504 bits per heavy atom. The number of nitrogens with two attached hydrogens (primary N) is 1. The molecule has 34 heteroatoms. The number of methoxy groups -OCH3 is 1. The highest BCUT2D eigenvalue weighted by Gasteiger charge is 2.38. The molecule has 648 valence electrons. The van der Waals surface area contributed by atoms with Crippen LogP contribution in [0.1, 0.15) is 156 Å². The molecule has 1 saturated carbocycles. The van der Waals surface area contributed by atoms with Crippen LogP contribution < -0.4 is 25.8 Å². The summed E-state index contributed by atoms with van der Waals surface area (Å²) in [6.45, 7) is 11.3. The third kappa shape index (κ3) is 20.3. The van der Waals surface area contributed by atoms with E-state index >= 15 is 0 Å². The number of likely N-dealkylation sites (tertiary alicyclic amines) is 4. The number of nitrogens with one attached hydrogen (secondary N) is 3. The second-order valence-electron chi connectivity index (χ2n) is 32.4. The lowest BCUT2D eigenvalue weighted by Crippen LogP contribution is -2.43. The van der Waals surface area contributed by atoms with Crippen molar-refractivity contribution in [3.63, 3.8) is 0 Å². The first-order valence-corrected chi connectivity index (χ1v) is 43.4. The summed E-state index contributed by atoms with van der Waals surface area (Å²) in [5, 5.41) is 9.35. The van der Waals surface area contributed by atoms with Gasteiger partial charge in [-0.2, -0.15) is 0 Å². The molecule has 6 amide bonds. The van der Waals surface area contributed by atoms with Crippen LogP contribution in [0.5, 0.6) is 5.75 Å². The number of piperidine rings is 4. The van der Waals surface area contributed by atoms with E-state index in [4.69, 9.17) is 31.8 Å². The SMILES string of the molecule is CC1(F)CCN(C(=O)c2cnc3c(c2)c(Cl)cn3-c2cncc(C(N)=O)c2)CC1.CC1(F)CCN(C(=O)c2cnc3c(ccn3-c3cncc(NS(=O)(=O)C4CC4)c3)c2)CC1.CCOC(=O)Nc1cncc(-n2ccc3cc(C(=O)N4CCC(C)(F)CC4)cnc32)c1.COc1ccc(-n2ccc3c(NCc4ccccc4)c(C(=O)N4CCCCC4)cnc32)cc1. The first-order chi connectivity index (χ1) is 60.1. The number of aromatic nitrogens is 11. The number of hydrogen-bond acceptors (Lipinski definition) is 18. The maximum absolute atomic E-state index is 14.0. The van der Waals surface area contributed by atoms with E-state index in [-0.39, 0.29) is 41.0 Å². The van der Waals surface area contributed by atoms with Crippen molar-refractivity contribution in [2.45, 2.75) is 127 Å². The largest absolute Gasteiger partial charge is 0.497 e. The second kappa shape index (κ2) is 37.0. The van der Waals surface area contributed by atoms with Crippen molar-refractivity contribution in [3.05, 3.63) is 234 Å². The fourth-order valence-electron chi connectivity index (χ4n) is 15.4. The van der Waals surface area contributed by atoms with Crippen LogP contribution in [-0.4, -0.2) is 205 Å². The summed E-state index contributed by atoms with van der Waals surface area (Å²) in [7, 11) is -1.72. The van der Waals surface area contributed by atoms with Crippen molar-refractivity contribution >= 4 is 118 Å². The number of benzene rings is 2. The third-order valence-electron chi connectivity index (χ3n) is 23.0. The van der Waals surface area contributed by atoms with E-state index < -0.39 is 39.0 Å². The van der Waals surface area contributed by atoms with Crippen LogP contribution in [-0.2, 0) is 21.3 Å². The fraction of sp³-hybridized carbons (Fsp3) is 0.330. The summed E-state index contributed by atoms with van der Waals surface area (Å²) in [5.41, 5.74) is 12.3. The van der Waals surface area contributed by atoms with E-state index in [0.29, 0.717) is 175 Å². The smallest absolute Gasteiger partial charge is 0.411 e. The number of amides is 6. The van der Waals surface area contributed by atoms with E-state index in [2.05, 4.69) is 57.4 Å². The van der Waals surface area contributed by atoms with Gasteiger partial charge in [0.15, 0.2) is 0 Å². The summed E-state index contributed by atoms with van der Waals surface area (Å²) in [6.07, 6.45) is 28.8. The third-order valence-corrected chi connectivity index (χ3v) is 25.1. The topological polar surface area (TPSA) is 340 Å². The first-order valence-electron chi connectivity index (χ1n) is 41.5. The van der Waals surface area contributed by atoms with Crippen LogP contribution in [0.4, 0.5) is 35.0 Å². The molecule has 4 aliphatic heterocycles. The van der Waals surface area contributed by atoms with Gasteiger partial charge in [-0.1, -0.05) is 41.9 Å². The van der Waals surface area contributed by atoms with Gasteiger partial charge in [0, 0.05) is 142 Å². The van der Waals surface area contributed by atoms with Crippen LogP contribution in [0, 0.1) is 0 Å². The molecule has 0 bridgehead atoms. The lowest BCUT2D eigenvalue weighted by molar-refractivity contribution is 0.0493. The second-order valence-corrected chi connectivity index (χ2v) is 34.8. The van der Waals surface area contributed by atoms with Crippen molar-refractivity contribution in [2.75, 3.05) is 81.4 Å². The van der Waals surface area contributed by atoms with E-state index in [1.807, 2.05) is 87.1 Å². The number of fused-ring (bicyclic) bond motifs is 4. The minimum atomic E-state index is -3.38. The number of hydrogen-bond donors (Lipinski definition) is 4. The highest BCUT2D eigenvalue weighted by molar-refractivity contribution is 7.93. The van der Waals surface area contributed by atoms with Gasteiger partial charge >= 0.3 is 6.09 Å². The predicted molar refractivity (Wildman–Crippen MR) is 471 cm³/mol. The molecule has 11 aromatic heterocycles. The van der Waals surface area contributed by atoms with E-state index in [1.165, 1.54) is 37.4 Å². The maximum atomic E-state index is 14.0. The Kier molecular flexibility index (Phi) is 25.7. The first kappa shape index (κ1) is 86.6. The molecule has 1 aliphatic carbocycles. The number of rotatable bonds is 18. The Morgan fingerprint density at radius 3 is 1.50 bits per heavy atom. The Balaban J connectivity index is 0.000000129. The number of primary amides is 1. The molecule has 125 heavy (non-hydrogen) atoms. The summed E-state index contributed by atoms with van der Waals surface area (Å²) in [4.78, 5) is 112. The molecule has 0 spiro atoms. The van der Waals surface area contributed by atoms with Crippen molar-refractivity contribution < 1.29 is 59.8 Å². The number of sulfonamides is 1. The van der Waals surface area contributed by atoms with Crippen molar-refractivity contribution in [3.8, 4) is 28.5 Å². The normalized spacial score (nSPS) is 16.0. The Hall–Kier alpha value is -13.3. The highest BCUT2D eigenvalue weighted by atomic mass is 35.5. The molecule has 5 fully saturated rings. The molecule has 4 saturated heterocycles. The molecule has 0 radical (unpaired) electrons. The van der Waals surface area contributed by atoms with E-state index in [9.17, 15) is 50.4 Å². The number of halogens is 4. The van der Waals surface area contributed by atoms with E-state index in [1.54, 1.807) is 138 Å². The lowest BCUT2D eigenvalue weighted by Gasteiger charge is -2.34. The Labute approximate surface area is 724 Å². The predicted octanol–water partition coefficient (Wildman–Crippen LogP) is 15.7. The van der Waals surface area contributed by atoms with Crippen molar-refractivity contribution in [2.24, 2.45) is 5.73 Å². The van der Waals surface area contributed by atoms with Gasteiger partial charge in [0.25, 0.3) is 23.6 Å². The molecule has 0 atom stereocenters. The van der Waals surface area contributed by atoms with Crippen LogP contribution in [0.15, 0.2) is 196 Å². The minimum absolute atomic E-state index is 0.0526. The number of pyridine rings is 7. The van der Waals surface area contributed by atoms with E-state index in [0.717, 1.165) is 70.4 Å². The van der Waals surface area contributed by atoms with Gasteiger partial charge in [0.2, 0.25) is 15.9 Å². The zero-order valence-corrected chi connectivity index (χ0v) is 71.3. The number of carbonyl (C=O) groups is 6. The van der Waals surface area contributed by atoms with Gasteiger partial charge in [-0.15, -0.1) is 0 Å². The minimum Gasteiger partial charge on any atom is -0.497 e. The zero-order chi connectivity index (χ0) is 87.9. The van der Waals surface area contributed by atoms with Gasteiger partial charge in [-0.25, -0.2) is 46.3 Å².